The Morgan fingerprint density at radius 3 is 2.62 bits per heavy atom. The van der Waals surface area contributed by atoms with E-state index in [1.54, 1.807) is 12.1 Å². The van der Waals surface area contributed by atoms with Gasteiger partial charge in [-0.3, -0.25) is 4.79 Å². The van der Waals surface area contributed by atoms with Gasteiger partial charge in [-0.1, -0.05) is 23.9 Å². The van der Waals surface area contributed by atoms with Crippen molar-refractivity contribution in [1.29, 1.82) is 0 Å². The Morgan fingerprint density at radius 1 is 1.38 bits per heavy atom. The highest BCUT2D eigenvalue weighted by molar-refractivity contribution is 7.99. The molecule has 2 rings (SSSR count). The van der Waals surface area contributed by atoms with Gasteiger partial charge in [0.05, 0.1) is 5.69 Å². The van der Waals surface area contributed by atoms with Crippen LogP contribution in [0, 0.1) is 0 Å². The first-order valence-corrected chi connectivity index (χ1v) is 7.18. The number of urea groups is 1. The number of alkyl halides is 2. The Labute approximate surface area is 124 Å². The van der Waals surface area contributed by atoms with Gasteiger partial charge in [-0.2, -0.15) is 8.78 Å². The van der Waals surface area contributed by atoms with Gasteiger partial charge in [0, 0.05) is 10.9 Å². The van der Waals surface area contributed by atoms with Crippen molar-refractivity contribution in [2.75, 3.05) is 11.9 Å². The molecule has 1 fully saturated rings. The number of amides is 2. The Bertz CT molecular complexity index is 538. The average Bonchev–Trinajstić information content (AvgIpc) is 3.21. The second kappa shape index (κ2) is 6.75. The third-order valence-corrected chi connectivity index (χ3v) is 3.69. The van der Waals surface area contributed by atoms with Gasteiger partial charge in [0.1, 0.15) is 6.54 Å². The van der Waals surface area contributed by atoms with E-state index in [0.717, 1.165) is 12.8 Å². The summed E-state index contributed by atoms with van der Waals surface area (Å²) in [4.78, 5) is 24.4. The summed E-state index contributed by atoms with van der Waals surface area (Å²) in [5, 5.41) is 11.3. The Morgan fingerprint density at radius 2 is 2.05 bits per heavy atom. The minimum atomic E-state index is -2.60. The van der Waals surface area contributed by atoms with Gasteiger partial charge in [-0.05, 0) is 25.0 Å². The molecule has 2 amide bonds. The molecule has 0 unspecified atom stereocenters. The number of rotatable bonds is 6. The third kappa shape index (κ3) is 4.59. The van der Waals surface area contributed by atoms with Crippen molar-refractivity contribution in [1.82, 2.24) is 4.90 Å². The fourth-order valence-electron chi connectivity index (χ4n) is 1.85. The minimum Gasteiger partial charge on any atom is -0.480 e. The summed E-state index contributed by atoms with van der Waals surface area (Å²) in [6.07, 6.45) is 1.52. The number of thioether (sulfide) groups is 1. The molecule has 0 saturated heterocycles. The molecule has 21 heavy (non-hydrogen) atoms. The molecule has 0 aliphatic heterocycles. The van der Waals surface area contributed by atoms with Crippen LogP contribution in [0.1, 0.15) is 12.8 Å². The number of aliphatic carboxylic acids is 1. The molecule has 0 radical (unpaired) electrons. The summed E-state index contributed by atoms with van der Waals surface area (Å²) in [6, 6.07) is 5.53. The second-order valence-electron chi connectivity index (χ2n) is 4.56. The number of nitrogens with one attached hydrogen (secondary N) is 1. The number of carboxylic acids is 1. The van der Waals surface area contributed by atoms with Gasteiger partial charge in [0.15, 0.2) is 0 Å². The summed E-state index contributed by atoms with van der Waals surface area (Å²) in [5.74, 6) is -3.70. The van der Waals surface area contributed by atoms with Crippen molar-refractivity contribution in [2.45, 2.75) is 29.5 Å². The molecule has 0 heterocycles. The van der Waals surface area contributed by atoms with Crippen LogP contribution in [0.3, 0.4) is 0 Å². The van der Waals surface area contributed by atoms with E-state index in [-0.39, 0.29) is 16.6 Å². The van der Waals surface area contributed by atoms with Crippen molar-refractivity contribution < 1.29 is 23.5 Å². The number of nitrogens with zero attached hydrogens (tertiary/aromatic N) is 1. The molecule has 0 spiro atoms. The molecule has 114 valence electrons. The average molecular weight is 316 g/mol. The van der Waals surface area contributed by atoms with Crippen molar-refractivity contribution in [2.24, 2.45) is 0 Å². The van der Waals surface area contributed by atoms with E-state index < -0.39 is 24.3 Å². The van der Waals surface area contributed by atoms with Gasteiger partial charge < -0.3 is 15.3 Å². The van der Waals surface area contributed by atoms with Crippen LogP contribution in [0.25, 0.3) is 0 Å². The summed E-state index contributed by atoms with van der Waals surface area (Å²) in [5.41, 5.74) is 0.254. The smallest absolute Gasteiger partial charge is 0.323 e. The van der Waals surface area contributed by atoms with Gasteiger partial charge >= 0.3 is 12.0 Å². The lowest BCUT2D eigenvalue weighted by atomic mass is 10.3. The zero-order valence-corrected chi connectivity index (χ0v) is 11.8. The third-order valence-electron chi connectivity index (χ3n) is 2.90. The number of halogens is 2. The maximum absolute atomic E-state index is 12.5. The maximum Gasteiger partial charge on any atom is 0.323 e. The molecule has 1 aliphatic carbocycles. The zero-order chi connectivity index (χ0) is 15.4. The van der Waals surface area contributed by atoms with Crippen molar-refractivity contribution in [3.8, 4) is 0 Å². The Balaban J connectivity index is 2.09. The van der Waals surface area contributed by atoms with Crippen LogP contribution >= 0.6 is 11.8 Å². The largest absolute Gasteiger partial charge is 0.480 e. The SMILES string of the molecule is O=C(O)CN(C(=O)Nc1ccccc1SC(F)F)C1CC1. The summed E-state index contributed by atoms with van der Waals surface area (Å²) >= 11 is 0.334. The van der Waals surface area contributed by atoms with Gasteiger partial charge in [0.2, 0.25) is 0 Å². The molecule has 1 aromatic carbocycles. The van der Waals surface area contributed by atoms with Crippen molar-refractivity contribution in [3.63, 3.8) is 0 Å². The van der Waals surface area contributed by atoms with Crippen LogP contribution in [-0.2, 0) is 4.79 Å². The number of carbonyl (C=O) groups is 2. The van der Waals surface area contributed by atoms with Crippen LogP contribution in [0.4, 0.5) is 19.3 Å². The van der Waals surface area contributed by atoms with E-state index in [4.69, 9.17) is 5.11 Å². The predicted octanol–water partition coefficient (Wildman–Crippen LogP) is 3.08. The summed E-state index contributed by atoms with van der Waals surface area (Å²) in [6.45, 7) is -0.402. The van der Waals surface area contributed by atoms with E-state index in [0.29, 0.717) is 11.8 Å². The van der Waals surface area contributed by atoms with Crippen LogP contribution in [0.5, 0.6) is 0 Å². The fourth-order valence-corrected chi connectivity index (χ4v) is 2.45. The van der Waals surface area contributed by atoms with Crippen LogP contribution in [-0.4, -0.2) is 40.4 Å². The van der Waals surface area contributed by atoms with Gasteiger partial charge in [-0.25, -0.2) is 4.79 Å². The quantitative estimate of drug-likeness (QED) is 0.791. The minimum absolute atomic E-state index is 0.0870. The normalized spacial score (nSPS) is 14.0. The molecular weight excluding hydrogens is 302 g/mol. The molecule has 0 aromatic heterocycles. The molecule has 5 nitrogen and oxygen atoms in total. The van der Waals surface area contributed by atoms with E-state index in [1.807, 2.05) is 0 Å². The highest BCUT2D eigenvalue weighted by Crippen LogP contribution is 2.32. The Hall–Kier alpha value is -1.83. The standard InChI is InChI=1S/C13H14F2N2O3S/c14-12(15)21-10-4-2-1-3-9(10)16-13(20)17(7-11(18)19)8-5-6-8/h1-4,8,12H,5-7H2,(H,16,20)(H,18,19). The number of carboxylic acid groups (broad SMARTS) is 1. The lowest BCUT2D eigenvalue weighted by Crippen LogP contribution is -2.40. The lowest BCUT2D eigenvalue weighted by molar-refractivity contribution is -0.137. The highest BCUT2D eigenvalue weighted by Gasteiger charge is 2.34. The summed E-state index contributed by atoms with van der Waals surface area (Å²) in [7, 11) is 0. The Kier molecular flexibility index (Phi) is 5.00. The molecule has 0 bridgehead atoms. The van der Waals surface area contributed by atoms with Crippen LogP contribution < -0.4 is 5.32 Å². The van der Waals surface area contributed by atoms with Gasteiger partial charge in [0.25, 0.3) is 5.76 Å². The number of hydrogen-bond donors (Lipinski definition) is 2. The van der Waals surface area contributed by atoms with Crippen molar-refractivity contribution in [3.05, 3.63) is 24.3 Å². The maximum atomic E-state index is 12.5. The number of carbonyl (C=O) groups excluding carboxylic acids is 1. The predicted molar refractivity (Wildman–Crippen MR) is 74.7 cm³/mol. The van der Waals surface area contributed by atoms with E-state index >= 15 is 0 Å². The molecule has 0 atom stereocenters. The molecule has 1 aliphatic rings. The summed E-state index contributed by atoms with van der Waals surface area (Å²) < 4.78 is 24.9. The molecule has 8 heteroatoms. The lowest BCUT2D eigenvalue weighted by Gasteiger charge is -2.21. The van der Waals surface area contributed by atoms with Crippen molar-refractivity contribution >= 4 is 29.4 Å². The van der Waals surface area contributed by atoms with Crippen LogP contribution in [0.15, 0.2) is 29.2 Å². The first-order chi connectivity index (χ1) is 9.97. The van der Waals surface area contributed by atoms with E-state index in [1.165, 1.54) is 17.0 Å². The first kappa shape index (κ1) is 15.6. The highest BCUT2D eigenvalue weighted by atomic mass is 32.2. The number of para-hydroxylation sites is 1. The molecule has 1 aromatic rings. The number of anilines is 1. The molecule has 2 N–H and O–H groups in total. The first-order valence-electron chi connectivity index (χ1n) is 6.30. The van der Waals surface area contributed by atoms with Gasteiger partial charge in [-0.15, -0.1) is 0 Å². The van der Waals surface area contributed by atoms with Crippen LogP contribution in [0.2, 0.25) is 0 Å². The number of benzene rings is 1. The second-order valence-corrected chi connectivity index (χ2v) is 5.59. The topological polar surface area (TPSA) is 69.6 Å². The monoisotopic (exact) mass is 316 g/mol. The molecule has 1 saturated carbocycles. The van der Waals surface area contributed by atoms with E-state index in [9.17, 15) is 18.4 Å². The fraction of sp³-hybridized carbons (Fsp3) is 0.385. The number of hydrogen-bond acceptors (Lipinski definition) is 3. The molecular formula is C13H14F2N2O3S. The zero-order valence-electron chi connectivity index (χ0n) is 11.0. The van der Waals surface area contributed by atoms with E-state index in [2.05, 4.69) is 5.32 Å².